The van der Waals surface area contributed by atoms with Gasteiger partial charge in [-0.15, -0.1) is 0 Å². The molecule has 2 saturated heterocycles. The molecule has 2 atom stereocenters. The molecule has 0 aromatic rings. The minimum Gasteiger partial charge on any atom is -0.481 e. The van der Waals surface area contributed by atoms with Crippen LogP contribution in [0, 0.1) is 5.41 Å². The Hall–Kier alpha value is -0.710. The SMILES string of the molecule is O=C1CC2(C(=O)O)CSCC2N1. The maximum atomic E-state index is 11.0. The van der Waals surface area contributed by atoms with Crippen molar-refractivity contribution in [3.8, 4) is 0 Å². The van der Waals surface area contributed by atoms with Gasteiger partial charge in [-0.05, 0) is 0 Å². The van der Waals surface area contributed by atoms with Crippen LogP contribution < -0.4 is 5.32 Å². The van der Waals surface area contributed by atoms with Gasteiger partial charge in [-0.1, -0.05) is 0 Å². The van der Waals surface area contributed by atoms with E-state index in [-0.39, 0.29) is 18.4 Å². The van der Waals surface area contributed by atoms with Crippen molar-refractivity contribution in [3.05, 3.63) is 0 Å². The third-order valence-electron chi connectivity index (χ3n) is 2.55. The van der Waals surface area contributed by atoms with Crippen molar-refractivity contribution in [1.29, 1.82) is 0 Å². The summed E-state index contributed by atoms with van der Waals surface area (Å²) in [6.07, 6.45) is 0.153. The van der Waals surface area contributed by atoms with Crippen molar-refractivity contribution in [1.82, 2.24) is 5.32 Å². The number of carbonyl (C=O) groups excluding carboxylic acids is 1. The van der Waals surface area contributed by atoms with E-state index in [1.165, 1.54) is 0 Å². The molecule has 2 unspecified atom stereocenters. The van der Waals surface area contributed by atoms with E-state index in [0.29, 0.717) is 5.75 Å². The summed E-state index contributed by atoms with van der Waals surface area (Å²) in [5.74, 6) is 0.336. The van der Waals surface area contributed by atoms with Crippen LogP contribution in [-0.4, -0.2) is 34.5 Å². The van der Waals surface area contributed by atoms with E-state index in [1.807, 2.05) is 0 Å². The maximum Gasteiger partial charge on any atom is 0.313 e. The molecule has 12 heavy (non-hydrogen) atoms. The molecular formula is C7H9NO3S. The first-order valence-electron chi connectivity index (χ1n) is 3.76. The van der Waals surface area contributed by atoms with E-state index in [1.54, 1.807) is 11.8 Å². The van der Waals surface area contributed by atoms with Gasteiger partial charge in [0, 0.05) is 17.9 Å². The first kappa shape index (κ1) is 7.91. The summed E-state index contributed by atoms with van der Waals surface area (Å²) in [6.45, 7) is 0. The average molecular weight is 187 g/mol. The zero-order valence-electron chi connectivity index (χ0n) is 6.37. The highest BCUT2D eigenvalue weighted by molar-refractivity contribution is 7.99. The Morgan fingerprint density at radius 2 is 2.50 bits per heavy atom. The summed E-state index contributed by atoms with van der Waals surface area (Å²) in [4.78, 5) is 21.9. The van der Waals surface area contributed by atoms with Crippen LogP contribution in [0.5, 0.6) is 0 Å². The van der Waals surface area contributed by atoms with Crippen LogP contribution in [0.4, 0.5) is 0 Å². The fourth-order valence-electron chi connectivity index (χ4n) is 1.79. The molecule has 2 aliphatic heterocycles. The number of hydrogen-bond acceptors (Lipinski definition) is 3. The number of amides is 1. The first-order valence-corrected chi connectivity index (χ1v) is 4.91. The van der Waals surface area contributed by atoms with Crippen molar-refractivity contribution in [2.75, 3.05) is 11.5 Å². The normalized spacial score (nSPS) is 39.3. The molecular weight excluding hydrogens is 178 g/mol. The molecule has 2 heterocycles. The molecule has 2 fully saturated rings. The average Bonchev–Trinajstić information content (AvgIpc) is 2.42. The van der Waals surface area contributed by atoms with Gasteiger partial charge in [0.15, 0.2) is 0 Å². The van der Waals surface area contributed by atoms with E-state index in [2.05, 4.69) is 5.32 Å². The topological polar surface area (TPSA) is 66.4 Å². The van der Waals surface area contributed by atoms with Gasteiger partial charge < -0.3 is 10.4 Å². The lowest BCUT2D eigenvalue weighted by Gasteiger charge is -2.20. The minimum atomic E-state index is -0.837. The van der Waals surface area contributed by atoms with Crippen LogP contribution in [0.15, 0.2) is 0 Å². The molecule has 2 aliphatic rings. The Labute approximate surface area is 73.7 Å². The van der Waals surface area contributed by atoms with Crippen molar-refractivity contribution < 1.29 is 14.7 Å². The lowest BCUT2D eigenvalue weighted by Crippen LogP contribution is -2.41. The summed E-state index contributed by atoms with van der Waals surface area (Å²) in [5, 5.41) is 11.7. The predicted octanol–water partition coefficient (Wildman–Crippen LogP) is -0.307. The zero-order chi connectivity index (χ0) is 8.77. The second-order valence-electron chi connectivity index (χ2n) is 3.27. The van der Waals surface area contributed by atoms with Crippen molar-refractivity contribution in [3.63, 3.8) is 0 Å². The lowest BCUT2D eigenvalue weighted by molar-refractivity contribution is -0.148. The predicted molar refractivity (Wildman–Crippen MR) is 43.9 cm³/mol. The summed E-state index contributed by atoms with van der Waals surface area (Å²) >= 11 is 1.60. The number of nitrogens with one attached hydrogen (secondary N) is 1. The van der Waals surface area contributed by atoms with E-state index >= 15 is 0 Å². The second-order valence-corrected chi connectivity index (χ2v) is 4.30. The smallest absolute Gasteiger partial charge is 0.313 e. The van der Waals surface area contributed by atoms with Crippen LogP contribution >= 0.6 is 11.8 Å². The van der Waals surface area contributed by atoms with E-state index < -0.39 is 11.4 Å². The summed E-state index contributed by atoms with van der Waals surface area (Å²) in [6, 6.07) is -0.146. The molecule has 2 rings (SSSR count). The van der Waals surface area contributed by atoms with E-state index in [9.17, 15) is 9.59 Å². The maximum absolute atomic E-state index is 11.0. The molecule has 0 bridgehead atoms. The van der Waals surface area contributed by atoms with Gasteiger partial charge in [0.25, 0.3) is 0 Å². The summed E-state index contributed by atoms with van der Waals surface area (Å²) < 4.78 is 0. The first-order chi connectivity index (χ1) is 5.65. The molecule has 0 spiro atoms. The molecule has 1 amide bonds. The number of thioether (sulfide) groups is 1. The quantitative estimate of drug-likeness (QED) is 0.591. The van der Waals surface area contributed by atoms with Gasteiger partial charge in [-0.3, -0.25) is 9.59 Å². The second kappa shape index (κ2) is 2.39. The van der Waals surface area contributed by atoms with E-state index in [4.69, 9.17) is 5.11 Å². The Morgan fingerprint density at radius 1 is 1.75 bits per heavy atom. The Bertz CT molecular complexity index is 255. The Balaban J connectivity index is 2.32. The molecule has 4 nitrogen and oxygen atoms in total. The largest absolute Gasteiger partial charge is 0.481 e. The summed E-state index contributed by atoms with van der Waals surface area (Å²) in [5.41, 5.74) is -0.804. The number of carboxylic acids is 1. The van der Waals surface area contributed by atoms with Crippen LogP contribution in [0.25, 0.3) is 0 Å². The minimum absolute atomic E-state index is 0.122. The number of fused-ring (bicyclic) bond motifs is 1. The van der Waals surface area contributed by atoms with Crippen LogP contribution in [0.2, 0.25) is 0 Å². The summed E-state index contributed by atoms with van der Waals surface area (Å²) in [7, 11) is 0. The number of rotatable bonds is 1. The number of hydrogen-bond donors (Lipinski definition) is 2. The van der Waals surface area contributed by atoms with Gasteiger partial charge in [0.2, 0.25) is 5.91 Å². The third-order valence-corrected chi connectivity index (χ3v) is 3.84. The Morgan fingerprint density at radius 3 is 3.08 bits per heavy atom. The molecule has 0 aromatic carbocycles. The standard InChI is InChI=1S/C7H9NO3S/c9-5-1-7(6(10)11)3-12-2-4(7)8-5/h4H,1-3H2,(H,8,9)(H,10,11). The number of aliphatic carboxylic acids is 1. The molecule has 0 aromatic heterocycles. The third kappa shape index (κ3) is 0.857. The fourth-order valence-corrected chi connectivity index (χ4v) is 3.34. The van der Waals surface area contributed by atoms with Crippen molar-refractivity contribution in [2.24, 2.45) is 5.41 Å². The Kier molecular flexibility index (Phi) is 1.57. The van der Waals surface area contributed by atoms with Crippen molar-refractivity contribution in [2.45, 2.75) is 12.5 Å². The lowest BCUT2D eigenvalue weighted by atomic mass is 9.83. The molecule has 0 saturated carbocycles. The van der Waals surface area contributed by atoms with Crippen LogP contribution in [0.3, 0.4) is 0 Å². The van der Waals surface area contributed by atoms with Gasteiger partial charge in [0.1, 0.15) is 5.41 Å². The van der Waals surface area contributed by atoms with Crippen LogP contribution in [-0.2, 0) is 9.59 Å². The number of carbonyl (C=O) groups is 2. The van der Waals surface area contributed by atoms with Gasteiger partial charge in [-0.2, -0.15) is 11.8 Å². The molecule has 0 aliphatic carbocycles. The molecule has 5 heteroatoms. The highest BCUT2D eigenvalue weighted by Gasteiger charge is 2.55. The van der Waals surface area contributed by atoms with E-state index in [0.717, 1.165) is 5.75 Å². The van der Waals surface area contributed by atoms with Gasteiger partial charge >= 0.3 is 5.97 Å². The molecule has 66 valence electrons. The molecule has 0 radical (unpaired) electrons. The van der Waals surface area contributed by atoms with Gasteiger partial charge in [0.05, 0.1) is 6.04 Å². The highest BCUT2D eigenvalue weighted by atomic mass is 32.2. The van der Waals surface area contributed by atoms with Crippen LogP contribution in [0.1, 0.15) is 6.42 Å². The number of carboxylic acid groups (broad SMARTS) is 1. The monoisotopic (exact) mass is 187 g/mol. The fraction of sp³-hybridized carbons (Fsp3) is 0.714. The van der Waals surface area contributed by atoms with Crippen molar-refractivity contribution >= 4 is 23.6 Å². The zero-order valence-corrected chi connectivity index (χ0v) is 7.19. The highest BCUT2D eigenvalue weighted by Crippen LogP contribution is 2.42. The van der Waals surface area contributed by atoms with Gasteiger partial charge in [-0.25, -0.2) is 0 Å². The molecule has 2 N–H and O–H groups in total.